The molecule has 1 aromatic carbocycles. The number of aromatic nitrogens is 2. The van der Waals surface area contributed by atoms with Crippen molar-refractivity contribution in [3.8, 4) is 5.75 Å². The van der Waals surface area contributed by atoms with Crippen LogP contribution in [0, 0.1) is 0 Å². The van der Waals surface area contributed by atoms with Crippen molar-refractivity contribution < 1.29 is 9.53 Å². The van der Waals surface area contributed by atoms with E-state index in [2.05, 4.69) is 20.9 Å². The van der Waals surface area contributed by atoms with Gasteiger partial charge in [0.15, 0.2) is 0 Å². The van der Waals surface area contributed by atoms with Crippen molar-refractivity contribution in [1.29, 1.82) is 0 Å². The smallest absolute Gasteiger partial charge is 0.257 e. The molecule has 6 heteroatoms. The van der Waals surface area contributed by atoms with Crippen LogP contribution in [-0.4, -0.2) is 54.1 Å². The van der Waals surface area contributed by atoms with Crippen LogP contribution in [-0.2, 0) is 0 Å². The molecule has 1 atom stereocenters. The first-order valence-corrected chi connectivity index (χ1v) is 10.2. The second kappa shape index (κ2) is 8.59. The number of carbonyl (C=O) groups is 1. The molecular weight excluding hydrogens is 352 g/mol. The fraction of sp³-hybridized carbons (Fsp3) is 0.500. The predicted octanol–water partition coefficient (Wildman–Crippen LogP) is 3.50. The summed E-state index contributed by atoms with van der Waals surface area (Å²) < 4.78 is 5.52. The second-order valence-corrected chi connectivity index (χ2v) is 7.65. The summed E-state index contributed by atoms with van der Waals surface area (Å²) in [4.78, 5) is 26.3. The molecule has 1 aromatic heterocycles. The molecular formula is C22H28N4O2. The zero-order chi connectivity index (χ0) is 19.3. The zero-order valence-electron chi connectivity index (χ0n) is 16.5. The summed E-state index contributed by atoms with van der Waals surface area (Å²) in [6.07, 6.45) is 10.9. The van der Waals surface area contributed by atoms with Crippen molar-refractivity contribution >= 4 is 11.6 Å². The Bertz CT molecular complexity index is 805. The average molecular weight is 380 g/mol. The SMILES string of the molecule is COc1ccc(N2CCCCC2)cc1C(=O)N1CCC[C@H](c2cnccn2)C1. The Balaban J connectivity index is 1.56. The van der Waals surface area contributed by atoms with Crippen LogP contribution in [0.4, 0.5) is 5.69 Å². The van der Waals surface area contributed by atoms with Crippen LogP contribution < -0.4 is 9.64 Å². The number of anilines is 1. The van der Waals surface area contributed by atoms with Crippen molar-refractivity contribution in [3.63, 3.8) is 0 Å². The van der Waals surface area contributed by atoms with Crippen molar-refractivity contribution in [1.82, 2.24) is 14.9 Å². The molecule has 0 N–H and O–H groups in total. The summed E-state index contributed by atoms with van der Waals surface area (Å²) in [5.74, 6) is 0.930. The van der Waals surface area contributed by atoms with E-state index in [1.54, 1.807) is 19.5 Å². The third kappa shape index (κ3) is 3.96. The van der Waals surface area contributed by atoms with Crippen molar-refractivity contribution in [3.05, 3.63) is 48.0 Å². The van der Waals surface area contributed by atoms with Gasteiger partial charge < -0.3 is 14.5 Å². The topological polar surface area (TPSA) is 58.6 Å². The minimum atomic E-state index is 0.0456. The van der Waals surface area contributed by atoms with Gasteiger partial charge in [-0.1, -0.05) is 0 Å². The molecule has 0 spiro atoms. The molecule has 2 aromatic rings. The van der Waals surface area contributed by atoms with Crippen LogP contribution in [0.25, 0.3) is 0 Å². The van der Waals surface area contributed by atoms with Gasteiger partial charge in [-0.3, -0.25) is 14.8 Å². The van der Waals surface area contributed by atoms with Gasteiger partial charge in [-0.05, 0) is 50.3 Å². The number of likely N-dealkylation sites (tertiary alicyclic amines) is 1. The summed E-state index contributed by atoms with van der Waals surface area (Å²) >= 11 is 0. The van der Waals surface area contributed by atoms with Crippen LogP contribution in [0.5, 0.6) is 5.75 Å². The van der Waals surface area contributed by atoms with E-state index in [1.165, 1.54) is 19.3 Å². The quantitative estimate of drug-likeness (QED) is 0.813. The highest BCUT2D eigenvalue weighted by atomic mass is 16.5. The predicted molar refractivity (Wildman–Crippen MR) is 109 cm³/mol. The number of nitrogens with zero attached hydrogens (tertiary/aromatic N) is 4. The Morgan fingerprint density at radius 1 is 1.11 bits per heavy atom. The number of benzene rings is 1. The lowest BCUT2D eigenvalue weighted by atomic mass is 9.94. The number of piperidine rings is 2. The van der Waals surface area contributed by atoms with E-state index in [0.717, 1.165) is 43.9 Å². The third-order valence-electron chi connectivity index (χ3n) is 5.84. The molecule has 6 nitrogen and oxygen atoms in total. The maximum absolute atomic E-state index is 13.4. The van der Waals surface area contributed by atoms with E-state index < -0.39 is 0 Å². The molecule has 0 bridgehead atoms. The van der Waals surface area contributed by atoms with Crippen molar-refractivity contribution in [2.75, 3.05) is 38.2 Å². The highest BCUT2D eigenvalue weighted by molar-refractivity contribution is 5.98. The Labute approximate surface area is 166 Å². The molecule has 148 valence electrons. The van der Waals surface area contributed by atoms with Crippen molar-refractivity contribution in [2.45, 2.75) is 38.0 Å². The molecule has 28 heavy (non-hydrogen) atoms. The number of methoxy groups -OCH3 is 1. The summed E-state index contributed by atoms with van der Waals surface area (Å²) in [7, 11) is 1.63. The first-order valence-electron chi connectivity index (χ1n) is 10.2. The van der Waals surface area contributed by atoms with Gasteiger partial charge >= 0.3 is 0 Å². The number of amides is 1. The lowest BCUT2D eigenvalue weighted by Gasteiger charge is -2.33. The lowest BCUT2D eigenvalue weighted by molar-refractivity contribution is 0.0702. The molecule has 3 heterocycles. The Kier molecular flexibility index (Phi) is 5.74. The molecule has 4 rings (SSSR count). The van der Waals surface area contributed by atoms with Crippen LogP contribution in [0.1, 0.15) is 54.1 Å². The van der Waals surface area contributed by atoms with Crippen molar-refractivity contribution in [2.24, 2.45) is 0 Å². The standard InChI is InChI=1S/C22H28N4O2/c1-28-21-8-7-18(25-11-3-2-4-12-25)14-19(21)22(27)26-13-5-6-17(16-26)20-15-23-9-10-24-20/h7-10,14-15,17H,2-6,11-13,16H2,1H3/t17-/m0/s1. The van der Waals surface area contributed by atoms with Crippen LogP contribution in [0.15, 0.2) is 36.8 Å². The van der Waals surface area contributed by atoms with Gasteiger partial charge in [-0.2, -0.15) is 0 Å². The molecule has 1 amide bonds. The number of hydrogen-bond donors (Lipinski definition) is 0. The molecule has 2 saturated heterocycles. The molecule has 2 fully saturated rings. The zero-order valence-corrected chi connectivity index (χ0v) is 16.5. The monoisotopic (exact) mass is 380 g/mol. The molecule has 0 unspecified atom stereocenters. The molecule has 2 aliphatic rings. The Hall–Kier alpha value is -2.63. The summed E-state index contributed by atoms with van der Waals surface area (Å²) in [5.41, 5.74) is 2.74. The van der Waals surface area contributed by atoms with Gasteiger partial charge in [0.2, 0.25) is 0 Å². The number of hydrogen-bond acceptors (Lipinski definition) is 5. The van der Waals surface area contributed by atoms with E-state index in [1.807, 2.05) is 23.2 Å². The number of carbonyl (C=O) groups excluding carboxylic acids is 1. The minimum absolute atomic E-state index is 0.0456. The number of ether oxygens (including phenoxy) is 1. The second-order valence-electron chi connectivity index (χ2n) is 7.65. The van der Waals surface area contributed by atoms with Gasteiger partial charge in [-0.15, -0.1) is 0 Å². The van der Waals surface area contributed by atoms with Crippen LogP contribution >= 0.6 is 0 Å². The maximum atomic E-state index is 13.4. The molecule has 2 aliphatic heterocycles. The summed E-state index contributed by atoms with van der Waals surface area (Å²) in [6.45, 7) is 3.55. The van der Waals surface area contributed by atoms with Gasteiger partial charge in [0, 0.05) is 56.4 Å². The average Bonchev–Trinajstić information content (AvgIpc) is 2.79. The summed E-state index contributed by atoms with van der Waals surface area (Å²) in [5, 5.41) is 0. The maximum Gasteiger partial charge on any atom is 0.257 e. The van der Waals surface area contributed by atoms with Gasteiger partial charge in [0.25, 0.3) is 5.91 Å². The molecule has 0 radical (unpaired) electrons. The van der Waals surface area contributed by atoms with Crippen LogP contribution in [0.3, 0.4) is 0 Å². The van der Waals surface area contributed by atoms with E-state index in [9.17, 15) is 4.79 Å². The minimum Gasteiger partial charge on any atom is -0.496 e. The normalized spacial score (nSPS) is 20.1. The van der Waals surface area contributed by atoms with Gasteiger partial charge in [-0.25, -0.2) is 0 Å². The third-order valence-corrected chi connectivity index (χ3v) is 5.84. The summed E-state index contributed by atoms with van der Waals surface area (Å²) in [6, 6.07) is 6.01. The van der Waals surface area contributed by atoms with Gasteiger partial charge in [0.1, 0.15) is 5.75 Å². The fourth-order valence-electron chi connectivity index (χ4n) is 4.31. The Morgan fingerprint density at radius 2 is 1.96 bits per heavy atom. The van der Waals surface area contributed by atoms with Gasteiger partial charge in [0.05, 0.1) is 18.4 Å². The van der Waals surface area contributed by atoms with Crippen LogP contribution in [0.2, 0.25) is 0 Å². The fourth-order valence-corrected chi connectivity index (χ4v) is 4.31. The first-order chi connectivity index (χ1) is 13.8. The highest BCUT2D eigenvalue weighted by Gasteiger charge is 2.28. The number of rotatable bonds is 4. The van der Waals surface area contributed by atoms with E-state index >= 15 is 0 Å². The Morgan fingerprint density at radius 3 is 2.71 bits per heavy atom. The van der Waals surface area contributed by atoms with E-state index in [0.29, 0.717) is 17.9 Å². The largest absolute Gasteiger partial charge is 0.496 e. The highest BCUT2D eigenvalue weighted by Crippen LogP contribution is 2.31. The van der Waals surface area contributed by atoms with E-state index in [4.69, 9.17) is 4.74 Å². The first kappa shape index (κ1) is 18.7. The molecule has 0 aliphatic carbocycles. The van der Waals surface area contributed by atoms with E-state index in [-0.39, 0.29) is 11.8 Å². The molecule has 0 saturated carbocycles. The lowest BCUT2D eigenvalue weighted by Crippen LogP contribution is -2.39.